The molecule has 5 nitrogen and oxygen atoms in total. The summed E-state index contributed by atoms with van der Waals surface area (Å²) in [6.45, 7) is 2.58. The highest BCUT2D eigenvalue weighted by atomic mass is 16.5. The average molecular weight is 272 g/mol. The van der Waals surface area contributed by atoms with Crippen LogP contribution < -0.4 is 10.5 Å². The van der Waals surface area contributed by atoms with Gasteiger partial charge in [-0.1, -0.05) is 19.1 Å². The van der Waals surface area contributed by atoms with E-state index in [4.69, 9.17) is 15.9 Å². The Hall–Kier alpha value is -2.30. The molecule has 1 aromatic carbocycles. The Labute approximate surface area is 118 Å². The smallest absolute Gasteiger partial charge is 0.130 e. The monoisotopic (exact) mass is 272 g/mol. The standard InChI is InChI=1S/C15H20N4O/c1-3-12-9-13(19(2)18-12)10-20-14-6-4-11(5-7-14)8-15(16)17/h4-7,9H,3,8,10H2,1-2H3,(H3,16,17). The molecule has 0 unspecified atom stereocenters. The van der Waals surface area contributed by atoms with Crippen LogP contribution in [0.1, 0.15) is 23.9 Å². The first-order chi connectivity index (χ1) is 9.58. The summed E-state index contributed by atoms with van der Waals surface area (Å²) in [6.07, 6.45) is 1.40. The van der Waals surface area contributed by atoms with Crippen LogP contribution in [0.5, 0.6) is 5.75 Å². The van der Waals surface area contributed by atoms with E-state index in [0.717, 1.165) is 29.1 Å². The van der Waals surface area contributed by atoms with Gasteiger partial charge in [0.05, 0.1) is 17.2 Å². The number of benzene rings is 1. The summed E-state index contributed by atoms with van der Waals surface area (Å²) in [5.41, 5.74) is 8.51. The molecule has 0 aliphatic rings. The summed E-state index contributed by atoms with van der Waals surface area (Å²) >= 11 is 0. The minimum atomic E-state index is 0.167. The zero-order valence-electron chi connectivity index (χ0n) is 11.9. The zero-order valence-corrected chi connectivity index (χ0v) is 11.9. The van der Waals surface area contributed by atoms with Gasteiger partial charge in [-0.3, -0.25) is 10.1 Å². The van der Waals surface area contributed by atoms with Gasteiger partial charge in [0.2, 0.25) is 0 Å². The van der Waals surface area contributed by atoms with Crippen LogP contribution in [0.25, 0.3) is 0 Å². The molecule has 0 bridgehead atoms. The van der Waals surface area contributed by atoms with E-state index in [1.165, 1.54) is 0 Å². The number of hydrogen-bond donors (Lipinski definition) is 2. The van der Waals surface area contributed by atoms with Gasteiger partial charge in [-0.15, -0.1) is 0 Å². The van der Waals surface area contributed by atoms with E-state index in [0.29, 0.717) is 13.0 Å². The minimum absolute atomic E-state index is 0.167. The maximum atomic E-state index is 7.26. The lowest BCUT2D eigenvalue weighted by Gasteiger charge is -2.07. The molecule has 0 amide bonds. The Morgan fingerprint density at radius 1 is 1.35 bits per heavy atom. The second-order valence-electron chi connectivity index (χ2n) is 4.74. The molecule has 0 fully saturated rings. The lowest BCUT2D eigenvalue weighted by molar-refractivity contribution is 0.295. The quantitative estimate of drug-likeness (QED) is 0.624. The maximum absolute atomic E-state index is 7.26. The number of aryl methyl sites for hydroxylation is 2. The third kappa shape index (κ3) is 3.60. The van der Waals surface area contributed by atoms with E-state index >= 15 is 0 Å². The Kier molecular flexibility index (Phi) is 4.40. The highest BCUT2D eigenvalue weighted by molar-refractivity contribution is 5.79. The van der Waals surface area contributed by atoms with E-state index < -0.39 is 0 Å². The first kappa shape index (κ1) is 14.1. The molecule has 1 aromatic heterocycles. The summed E-state index contributed by atoms with van der Waals surface area (Å²) in [5.74, 6) is 0.970. The second-order valence-corrected chi connectivity index (χ2v) is 4.74. The van der Waals surface area contributed by atoms with Crippen molar-refractivity contribution in [1.29, 1.82) is 5.41 Å². The first-order valence-corrected chi connectivity index (χ1v) is 6.65. The number of amidine groups is 1. The van der Waals surface area contributed by atoms with Gasteiger partial charge in [-0.25, -0.2) is 0 Å². The fraction of sp³-hybridized carbons (Fsp3) is 0.333. The van der Waals surface area contributed by atoms with E-state index in [1.807, 2.05) is 36.0 Å². The van der Waals surface area contributed by atoms with Gasteiger partial charge in [0.1, 0.15) is 12.4 Å². The zero-order chi connectivity index (χ0) is 14.5. The van der Waals surface area contributed by atoms with Crippen LogP contribution in [0.4, 0.5) is 0 Å². The molecule has 0 aliphatic carbocycles. The molecule has 0 aliphatic heterocycles. The molecule has 3 N–H and O–H groups in total. The molecule has 0 saturated heterocycles. The van der Waals surface area contributed by atoms with Gasteiger partial charge in [0.25, 0.3) is 0 Å². The Balaban J connectivity index is 1.96. The third-order valence-electron chi connectivity index (χ3n) is 3.09. The summed E-state index contributed by atoms with van der Waals surface area (Å²) in [4.78, 5) is 0. The van der Waals surface area contributed by atoms with Gasteiger partial charge < -0.3 is 10.5 Å². The summed E-state index contributed by atoms with van der Waals surface area (Å²) in [5, 5.41) is 11.6. The summed E-state index contributed by atoms with van der Waals surface area (Å²) in [7, 11) is 1.92. The van der Waals surface area contributed by atoms with Crippen molar-refractivity contribution >= 4 is 5.84 Å². The largest absolute Gasteiger partial charge is 0.487 e. The van der Waals surface area contributed by atoms with Crippen molar-refractivity contribution in [2.45, 2.75) is 26.4 Å². The maximum Gasteiger partial charge on any atom is 0.130 e. The predicted molar refractivity (Wildman–Crippen MR) is 79.0 cm³/mol. The van der Waals surface area contributed by atoms with E-state index in [2.05, 4.69) is 18.1 Å². The van der Waals surface area contributed by atoms with Crippen LogP contribution >= 0.6 is 0 Å². The SMILES string of the molecule is CCc1cc(COc2ccc(CC(=N)N)cc2)n(C)n1. The number of rotatable bonds is 6. The summed E-state index contributed by atoms with van der Waals surface area (Å²) in [6, 6.07) is 9.71. The Bertz CT molecular complexity index is 586. The molecule has 0 radical (unpaired) electrons. The average Bonchev–Trinajstić information content (AvgIpc) is 2.78. The Morgan fingerprint density at radius 2 is 2.05 bits per heavy atom. The lowest BCUT2D eigenvalue weighted by Crippen LogP contribution is -2.12. The van der Waals surface area contributed by atoms with Crippen LogP contribution in [0, 0.1) is 5.41 Å². The minimum Gasteiger partial charge on any atom is -0.487 e. The molecule has 2 aromatic rings. The van der Waals surface area contributed by atoms with Crippen molar-refractivity contribution in [3.8, 4) is 5.75 Å². The molecule has 2 rings (SSSR count). The normalized spacial score (nSPS) is 10.5. The third-order valence-corrected chi connectivity index (χ3v) is 3.09. The fourth-order valence-electron chi connectivity index (χ4n) is 1.96. The van der Waals surface area contributed by atoms with Crippen molar-refractivity contribution in [3.05, 3.63) is 47.3 Å². The lowest BCUT2D eigenvalue weighted by atomic mass is 10.1. The molecule has 20 heavy (non-hydrogen) atoms. The number of nitrogens with one attached hydrogen (secondary N) is 1. The van der Waals surface area contributed by atoms with E-state index in [9.17, 15) is 0 Å². The van der Waals surface area contributed by atoms with Gasteiger partial charge in [-0.05, 0) is 30.2 Å². The molecule has 0 atom stereocenters. The van der Waals surface area contributed by atoms with Crippen LogP contribution in [0.3, 0.4) is 0 Å². The van der Waals surface area contributed by atoms with Crippen molar-refractivity contribution in [2.24, 2.45) is 12.8 Å². The molecule has 106 valence electrons. The van der Waals surface area contributed by atoms with Gasteiger partial charge >= 0.3 is 0 Å². The van der Waals surface area contributed by atoms with Crippen LogP contribution in [0.15, 0.2) is 30.3 Å². The first-order valence-electron chi connectivity index (χ1n) is 6.65. The van der Waals surface area contributed by atoms with Gasteiger partial charge in [-0.2, -0.15) is 5.10 Å². The molecular formula is C15H20N4O. The number of hydrogen-bond acceptors (Lipinski definition) is 3. The van der Waals surface area contributed by atoms with Crippen LogP contribution in [-0.4, -0.2) is 15.6 Å². The highest BCUT2D eigenvalue weighted by Gasteiger charge is 2.04. The molecule has 0 saturated carbocycles. The van der Waals surface area contributed by atoms with E-state index in [-0.39, 0.29) is 5.84 Å². The van der Waals surface area contributed by atoms with E-state index in [1.54, 1.807) is 0 Å². The predicted octanol–water partition coefficient (Wildman–Crippen LogP) is 2.04. The molecule has 5 heteroatoms. The molecule has 1 heterocycles. The van der Waals surface area contributed by atoms with Crippen molar-refractivity contribution in [1.82, 2.24) is 9.78 Å². The highest BCUT2D eigenvalue weighted by Crippen LogP contribution is 2.15. The number of nitrogens with two attached hydrogens (primary N) is 1. The number of aromatic nitrogens is 2. The van der Waals surface area contributed by atoms with Gasteiger partial charge in [0.15, 0.2) is 0 Å². The van der Waals surface area contributed by atoms with Gasteiger partial charge in [0, 0.05) is 13.5 Å². The van der Waals surface area contributed by atoms with Crippen molar-refractivity contribution < 1.29 is 4.74 Å². The topological polar surface area (TPSA) is 76.9 Å². The van der Waals surface area contributed by atoms with Crippen LogP contribution in [0.2, 0.25) is 0 Å². The molecular weight excluding hydrogens is 252 g/mol. The number of nitrogens with zero attached hydrogens (tertiary/aromatic N) is 2. The summed E-state index contributed by atoms with van der Waals surface area (Å²) < 4.78 is 7.60. The van der Waals surface area contributed by atoms with Crippen molar-refractivity contribution in [3.63, 3.8) is 0 Å². The molecule has 0 spiro atoms. The van der Waals surface area contributed by atoms with Crippen molar-refractivity contribution in [2.75, 3.05) is 0 Å². The second kappa shape index (κ2) is 6.23. The Morgan fingerprint density at radius 3 is 2.60 bits per heavy atom. The fourth-order valence-corrected chi connectivity index (χ4v) is 1.96. The van der Waals surface area contributed by atoms with Crippen LogP contribution in [-0.2, 0) is 26.5 Å². The number of ether oxygens (including phenoxy) is 1.